The van der Waals surface area contributed by atoms with Crippen molar-refractivity contribution in [3.8, 4) is 17.2 Å². The van der Waals surface area contributed by atoms with Gasteiger partial charge in [-0.15, -0.1) is 0 Å². The fourth-order valence-corrected chi connectivity index (χ4v) is 4.58. The van der Waals surface area contributed by atoms with E-state index in [1.54, 1.807) is 6.07 Å². The third kappa shape index (κ3) is 5.50. The minimum atomic E-state index is -0.0742. The van der Waals surface area contributed by atoms with Crippen LogP contribution >= 0.6 is 0 Å². The second kappa shape index (κ2) is 10.0. The number of carbonyl (C=O) groups is 1. The van der Waals surface area contributed by atoms with E-state index in [9.17, 15) is 10.1 Å². The standard InChI is InChI=1S/C29H31N3O/c1-20(2)15-25(31)19-32(29(33)28-17-27(28)23-8-4-3-5-9-23)26-13-11-22(12-14-26)24-10-6-7-21(16-24)18-30/h3-14,16,20,25,27-28H,15,17,19,31H2,1-2H3/t25-,27-,28+/m0/s1. The van der Waals surface area contributed by atoms with Crippen LogP contribution in [0.1, 0.15) is 43.7 Å². The Bertz CT molecular complexity index is 1130. The van der Waals surface area contributed by atoms with Crippen molar-refractivity contribution >= 4 is 11.6 Å². The minimum Gasteiger partial charge on any atom is -0.326 e. The predicted molar refractivity (Wildman–Crippen MR) is 134 cm³/mol. The summed E-state index contributed by atoms with van der Waals surface area (Å²) < 4.78 is 0. The molecule has 4 nitrogen and oxygen atoms in total. The molecule has 0 unspecified atom stereocenters. The van der Waals surface area contributed by atoms with Crippen molar-refractivity contribution in [2.45, 2.75) is 38.6 Å². The first kappa shape index (κ1) is 22.8. The Balaban J connectivity index is 1.56. The van der Waals surface area contributed by atoms with E-state index < -0.39 is 0 Å². The second-order valence-corrected chi connectivity index (χ2v) is 9.44. The smallest absolute Gasteiger partial charge is 0.230 e. The largest absolute Gasteiger partial charge is 0.326 e. The lowest BCUT2D eigenvalue weighted by atomic mass is 10.0. The van der Waals surface area contributed by atoms with Crippen LogP contribution in [-0.4, -0.2) is 18.5 Å². The van der Waals surface area contributed by atoms with Gasteiger partial charge in [-0.25, -0.2) is 0 Å². The van der Waals surface area contributed by atoms with E-state index in [1.807, 2.05) is 65.6 Å². The van der Waals surface area contributed by atoms with E-state index in [4.69, 9.17) is 5.73 Å². The lowest BCUT2D eigenvalue weighted by Gasteiger charge is -2.27. The van der Waals surface area contributed by atoms with Gasteiger partial charge in [0.2, 0.25) is 5.91 Å². The minimum absolute atomic E-state index is 0.00522. The zero-order chi connectivity index (χ0) is 23.4. The number of nitriles is 1. The Kier molecular flexibility index (Phi) is 6.91. The fourth-order valence-electron chi connectivity index (χ4n) is 4.58. The third-order valence-electron chi connectivity index (χ3n) is 6.30. The zero-order valence-corrected chi connectivity index (χ0v) is 19.3. The molecule has 1 aliphatic rings. The van der Waals surface area contributed by atoms with Crippen molar-refractivity contribution in [3.63, 3.8) is 0 Å². The maximum Gasteiger partial charge on any atom is 0.230 e. The lowest BCUT2D eigenvalue weighted by molar-refractivity contribution is -0.120. The Labute approximate surface area is 196 Å². The van der Waals surface area contributed by atoms with Gasteiger partial charge in [0.1, 0.15) is 0 Å². The molecule has 4 rings (SSSR count). The van der Waals surface area contributed by atoms with Gasteiger partial charge < -0.3 is 10.6 Å². The van der Waals surface area contributed by atoms with Gasteiger partial charge in [0.05, 0.1) is 11.6 Å². The molecule has 1 fully saturated rings. The van der Waals surface area contributed by atoms with Gasteiger partial charge in [0.15, 0.2) is 0 Å². The van der Waals surface area contributed by atoms with Crippen molar-refractivity contribution in [1.29, 1.82) is 5.26 Å². The van der Waals surface area contributed by atoms with Gasteiger partial charge in [-0.3, -0.25) is 4.79 Å². The summed E-state index contributed by atoms with van der Waals surface area (Å²) in [6.45, 7) is 4.82. The number of nitrogens with zero attached hydrogens (tertiary/aromatic N) is 2. The van der Waals surface area contributed by atoms with E-state index in [0.717, 1.165) is 29.7 Å². The molecule has 0 bridgehead atoms. The molecule has 1 amide bonds. The highest BCUT2D eigenvalue weighted by Crippen LogP contribution is 2.48. The Hall–Kier alpha value is -3.42. The molecule has 1 aliphatic carbocycles. The fraction of sp³-hybridized carbons (Fsp3) is 0.310. The Morgan fingerprint density at radius 3 is 2.42 bits per heavy atom. The SMILES string of the molecule is CC(C)C[C@H](N)CN(C(=O)[C@@H]1C[C@H]1c1ccccc1)c1ccc(-c2cccc(C#N)c2)cc1. The van der Waals surface area contributed by atoms with E-state index in [0.29, 0.717) is 18.0 Å². The summed E-state index contributed by atoms with van der Waals surface area (Å²) in [6, 6.07) is 28.0. The van der Waals surface area contributed by atoms with Crippen LogP contribution < -0.4 is 10.6 Å². The number of nitrogens with two attached hydrogens (primary N) is 1. The van der Waals surface area contributed by atoms with Crippen LogP contribution in [0, 0.1) is 23.2 Å². The first-order chi connectivity index (χ1) is 16.0. The van der Waals surface area contributed by atoms with E-state index in [-0.39, 0.29) is 23.8 Å². The maximum atomic E-state index is 13.6. The number of rotatable bonds is 8. The highest BCUT2D eigenvalue weighted by Gasteiger charge is 2.46. The molecule has 0 aliphatic heterocycles. The molecule has 0 radical (unpaired) electrons. The molecule has 1 saturated carbocycles. The summed E-state index contributed by atoms with van der Waals surface area (Å²) in [6.07, 6.45) is 1.76. The number of carbonyl (C=O) groups excluding carboxylic acids is 1. The van der Waals surface area contributed by atoms with Crippen molar-refractivity contribution in [2.75, 3.05) is 11.4 Å². The summed E-state index contributed by atoms with van der Waals surface area (Å²) in [5, 5.41) is 9.19. The molecule has 33 heavy (non-hydrogen) atoms. The predicted octanol–water partition coefficient (Wildman–Crippen LogP) is 5.74. The van der Waals surface area contributed by atoms with Gasteiger partial charge in [0.25, 0.3) is 0 Å². The molecule has 3 aromatic rings. The lowest BCUT2D eigenvalue weighted by Crippen LogP contribution is -2.42. The van der Waals surface area contributed by atoms with Gasteiger partial charge in [-0.05, 0) is 65.6 Å². The van der Waals surface area contributed by atoms with Crippen LogP contribution in [0.15, 0.2) is 78.9 Å². The van der Waals surface area contributed by atoms with Gasteiger partial charge >= 0.3 is 0 Å². The van der Waals surface area contributed by atoms with Gasteiger partial charge in [-0.2, -0.15) is 5.26 Å². The molecule has 0 spiro atoms. The summed E-state index contributed by atoms with van der Waals surface area (Å²) in [5.41, 5.74) is 11.2. The molecular weight excluding hydrogens is 406 g/mol. The van der Waals surface area contributed by atoms with Crippen LogP contribution in [0.5, 0.6) is 0 Å². The number of benzene rings is 3. The highest BCUT2D eigenvalue weighted by molar-refractivity contribution is 5.97. The average molecular weight is 438 g/mol. The molecule has 3 aromatic carbocycles. The van der Waals surface area contributed by atoms with Crippen LogP contribution in [0.4, 0.5) is 5.69 Å². The summed E-state index contributed by atoms with van der Waals surface area (Å²) in [4.78, 5) is 15.5. The first-order valence-corrected chi connectivity index (χ1v) is 11.7. The highest BCUT2D eigenvalue weighted by atomic mass is 16.2. The van der Waals surface area contributed by atoms with Crippen LogP contribution in [0.3, 0.4) is 0 Å². The van der Waals surface area contributed by atoms with Crippen LogP contribution in [0.25, 0.3) is 11.1 Å². The second-order valence-electron chi connectivity index (χ2n) is 9.44. The van der Waals surface area contributed by atoms with E-state index >= 15 is 0 Å². The molecule has 168 valence electrons. The molecule has 0 aromatic heterocycles. The third-order valence-corrected chi connectivity index (χ3v) is 6.30. The Morgan fingerprint density at radius 1 is 1.03 bits per heavy atom. The van der Waals surface area contributed by atoms with Crippen molar-refractivity contribution < 1.29 is 4.79 Å². The van der Waals surface area contributed by atoms with E-state index in [1.165, 1.54) is 5.56 Å². The van der Waals surface area contributed by atoms with Crippen molar-refractivity contribution in [1.82, 2.24) is 0 Å². The number of amides is 1. The number of anilines is 1. The molecule has 4 heteroatoms. The zero-order valence-electron chi connectivity index (χ0n) is 19.3. The summed E-state index contributed by atoms with van der Waals surface area (Å²) in [5.74, 6) is 0.924. The van der Waals surface area contributed by atoms with Crippen molar-refractivity contribution in [2.24, 2.45) is 17.6 Å². The normalized spacial score (nSPS) is 17.9. The monoisotopic (exact) mass is 437 g/mol. The summed E-state index contributed by atoms with van der Waals surface area (Å²) >= 11 is 0. The molecule has 0 saturated heterocycles. The maximum absolute atomic E-state index is 13.6. The number of hydrogen-bond acceptors (Lipinski definition) is 3. The van der Waals surface area contributed by atoms with Crippen LogP contribution in [0.2, 0.25) is 0 Å². The first-order valence-electron chi connectivity index (χ1n) is 11.7. The van der Waals surface area contributed by atoms with Crippen molar-refractivity contribution in [3.05, 3.63) is 90.0 Å². The average Bonchev–Trinajstić information content (AvgIpc) is 3.63. The van der Waals surface area contributed by atoms with Gasteiger partial charge in [0, 0.05) is 24.2 Å². The molecule has 0 heterocycles. The summed E-state index contributed by atoms with van der Waals surface area (Å²) in [7, 11) is 0. The van der Waals surface area contributed by atoms with Gasteiger partial charge in [-0.1, -0.05) is 68.4 Å². The molecule has 2 N–H and O–H groups in total. The van der Waals surface area contributed by atoms with E-state index in [2.05, 4.69) is 32.0 Å². The molecular formula is C29H31N3O. The molecule has 3 atom stereocenters. The quantitative estimate of drug-likeness (QED) is 0.489. The van der Waals surface area contributed by atoms with Crippen LogP contribution in [-0.2, 0) is 4.79 Å². The topological polar surface area (TPSA) is 70.1 Å². The number of hydrogen-bond donors (Lipinski definition) is 1. The Morgan fingerprint density at radius 2 is 1.76 bits per heavy atom.